The molecule has 0 bridgehead atoms. The van der Waals surface area contributed by atoms with Crippen LogP contribution in [0.3, 0.4) is 0 Å². The minimum atomic E-state index is -0.262. The van der Waals surface area contributed by atoms with E-state index in [-0.39, 0.29) is 41.9 Å². The molecule has 1 aromatic heterocycles. The molecule has 2 saturated heterocycles. The first-order valence-electron chi connectivity index (χ1n) is 9.59. The van der Waals surface area contributed by atoms with Crippen molar-refractivity contribution in [3.8, 4) is 0 Å². The van der Waals surface area contributed by atoms with Gasteiger partial charge in [0.05, 0.1) is 6.20 Å². The molecular formula is C18H28IN7O3. The Morgan fingerprint density at radius 3 is 2.52 bits per heavy atom. The van der Waals surface area contributed by atoms with Gasteiger partial charge >= 0.3 is 0 Å². The van der Waals surface area contributed by atoms with Crippen LogP contribution in [-0.4, -0.2) is 96.6 Å². The molecule has 3 heterocycles. The van der Waals surface area contributed by atoms with E-state index in [0.29, 0.717) is 51.6 Å². The van der Waals surface area contributed by atoms with Crippen molar-refractivity contribution >= 4 is 41.8 Å². The van der Waals surface area contributed by atoms with E-state index < -0.39 is 0 Å². The number of halogens is 1. The molecule has 0 saturated carbocycles. The summed E-state index contributed by atoms with van der Waals surface area (Å²) < 4.78 is 5.50. The summed E-state index contributed by atoms with van der Waals surface area (Å²) in [6, 6.07) is 0. The maximum atomic E-state index is 12.4. The number of hydrogen-bond donors (Lipinski definition) is 2. The molecule has 2 N–H and O–H groups in total. The molecule has 2 aliphatic heterocycles. The Morgan fingerprint density at radius 1 is 1.17 bits per heavy atom. The zero-order chi connectivity index (χ0) is 19.8. The minimum absolute atomic E-state index is 0. The molecule has 10 nitrogen and oxygen atoms in total. The Labute approximate surface area is 187 Å². The van der Waals surface area contributed by atoms with Gasteiger partial charge in [-0.25, -0.2) is 4.98 Å². The van der Waals surface area contributed by atoms with Crippen molar-refractivity contribution in [2.45, 2.75) is 18.9 Å². The lowest BCUT2D eigenvalue weighted by atomic mass is 10.2. The van der Waals surface area contributed by atoms with Crippen LogP contribution in [0.25, 0.3) is 0 Å². The molecule has 1 unspecified atom stereocenters. The predicted molar refractivity (Wildman–Crippen MR) is 118 cm³/mol. The quantitative estimate of drug-likeness (QED) is 0.239. The van der Waals surface area contributed by atoms with E-state index in [1.165, 1.54) is 18.6 Å². The maximum absolute atomic E-state index is 12.4. The SMILES string of the molecule is CN=C(NCCNC(=O)c1cnccn1)N1CCN(C(=O)C2CCCO2)CC1.I. The number of carbonyl (C=O) groups excluding carboxylic acids is 2. The highest BCUT2D eigenvalue weighted by Crippen LogP contribution is 2.16. The molecule has 1 aromatic rings. The summed E-state index contributed by atoms with van der Waals surface area (Å²) in [4.78, 5) is 40.5. The molecule has 0 aromatic carbocycles. The van der Waals surface area contributed by atoms with E-state index in [1.54, 1.807) is 7.05 Å². The van der Waals surface area contributed by atoms with Gasteiger partial charge in [0.15, 0.2) is 5.96 Å². The zero-order valence-corrected chi connectivity index (χ0v) is 18.9. The van der Waals surface area contributed by atoms with Crippen LogP contribution in [0.5, 0.6) is 0 Å². The average Bonchev–Trinajstić information content (AvgIpc) is 3.29. The number of carbonyl (C=O) groups is 2. The van der Waals surface area contributed by atoms with Gasteiger partial charge in [0.2, 0.25) is 0 Å². The fourth-order valence-corrected chi connectivity index (χ4v) is 3.30. The van der Waals surface area contributed by atoms with E-state index >= 15 is 0 Å². The van der Waals surface area contributed by atoms with Crippen LogP contribution >= 0.6 is 24.0 Å². The molecule has 11 heteroatoms. The van der Waals surface area contributed by atoms with Crippen LogP contribution in [0.15, 0.2) is 23.6 Å². The van der Waals surface area contributed by atoms with Gasteiger partial charge in [0, 0.05) is 65.3 Å². The van der Waals surface area contributed by atoms with E-state index in [9.17, 15) is 9.59 Å². The number of hydrogen-bond acceptors (Lipinski definition) is 6. The smallest absolute Gasteiger partial charge is 0.271 e. The van der Waals surface area contributed by atoms with Crippen molar-refractivity contribution in [3.63, 3.8) is 0 Å². The van der Waals surface area contributed by atoms with Crippen molar-refractivity contribution in [3.05, 3.63) is 24.3 Å². The Hall–Kier alpha value is -2.02. The van der Waals surface area contributed by atoms with Crippen LogP contribution in [0, 0.1) is 0 Å². The molecule has 2 aliphatic rings. The number of piperazine rings is 1. The second kappa shape index (κ2) is 11.9. The number of aromatic nitrogens is 2. The van der Waals surface area contributed by atoms with E-state index in [4.69, 9.17) is 4.74 Å². The molecule has 0 aliphatic carbocycles. The summed E-state index contributed by atoms with van der Waals surface area (Å²) >= 11 is 0. The van der Waals surface area contributed by atoms with Crippen LogP contribution < -0.4 is 10.6 Å². The first-order chi connectivity index (χ1) is 13.7. The van der Waals surface area contributed by atoms with Crippen LogP contribution in [0.1, 0.15) is 23.3 Å². The molecular weight excluding hydrogens is 489 g/mol. The first-order valence-corrected chi connectivity index (χ1v) is 9.59. The van der Waals surface area contributed by atoms with Gasteiger partial charge in [-0.05, 0) is 12.8 Å². The highest BCUT2D eigenvalue weighted by Gasteiger charge is 2.30. The number of guanidine groups is 1. The number of nitrogens with one attached hydrogen (secondary N) is 2. The third kappa shape index (κ3) is 6.49. The fraction of sp³-hybridized carbons (Fsp3) is 0.611. The summed E-state index contributed by atoms with van der Waals surface area (Å²) in [7, 11) is 1.73. The van der Waals surface area contributed by atoms with Crippen LogP contribution in [0.4, 0.5) is 0 Å². The van der Waals surface area contributed by atoms with Crippen molar-refractivity contribution in [2.24, 2.45) is 4.99 Å². The number of rotatable bonds is 5. The number of aliphatic imine (C=N–C) groups is 1. The normalized spacial score (nSPS) is 19.5. The van der Waals surface area contributed by atoms with Gasteiger partial charge in [-0.1, -0.05) is 0 Å². The lowest BCUT2D eigenvalue weighted by Gasteiger charge is -2.37. The molecule has 1 atom stereocenters. The van der Waals surface area contributed by atoms with Gasteiger partial charge in [0.25, 0.3) is 11.8 Å². The Balaban J connectivity index is 0.00000300. The van der Waals surface area contributed by atoms with E-state index in [2.05, 4.69) is 30.5 Å². The van der Waals surface area contributed by atoms with Crippen LogP contribution in [0.2, 0.25) is 0 Å². The van der Waals surface area contributed by atoms with Crippen molar-refractivity contribution in [2.75, 3.05) is 52.9 Å². The Kier molecular flexibility index (Phi) is 9.51. The summed E-state index contributed by atoms with van der Waals surface area (Å²) in [6.45, 7) is 4.39. The third-order valence-electron chi connectivity index (χ3n) is 4.80. The average molecular weight is 517 g/mol. The van der Waals surface area contributed by atoms with Gasteiger partial charge < -0.3 is 25.2 Å². The summed E-state index contributed by atoms with van der Waals surface area (Å²) in [6.07, 6.45) is 5.96. The lowest BCUT2D eigenvalue weighted by Crippen LogP contribution is -2.55. The number of ether oxygens (including phenoxy) is 1. The number of nitrogens with zero attached hydrogens (tertiary/aromatic N) is 5. The third-order valence-corrected chi connectivity index (χ3v) is 4.80. The molecule has 29 heavy (non-hydrogen) atoms. The number of amides is 2. The van der Waals surface area contributed by atoms with Crippen molar-refractivity contribution < 1.29 is 14.3 Å². The van der Waals surface area contributed by atoms with Gasteiger partial charge in [-0.3, -0.25) is 19.6 Å². The highest BCUT2D eigenvalue weighted by atomic mass is 127. The Morgan fingerprint density at radius 2 is 1.90 bits per heavy atom. The standard InChI is InChI=1S/C18H27N7O3.HI/c1-19-18(23-7-6-22-16(26)14-13-20-4-5-21-14)25-10-8-24(9-11-25)17(27)15-3-2-12-28-15;/h4-5,13,15H,2-3,6-12H2,1H3,(H,19,23)(H,22,26);1H. The van der Waals surface area contributed by atoms with Gasteiger partial charge in [0.1, 0.15) is 11.8 Å². The van der Waals surface area contributed by atoms with E-state index in [1.807, 2.05) is 4.90 Å². The first kappa shape index (κ1) is 23.3. The van der Waals surface area contributed by atoms with Gasteiger partial charge in [-0.15, -0.1) is 24.0 Å². The van der Waals surface area contributed by atoms with Gasteiger partial charge in [-0.2, -0.15) is 0 Å². The lowest BCUT2D eigenvalue weighted by molar-refractivity contribution is -0.142. The highest BCUT2D eigenvalue weighted by molar-refractivity contribution is 14.0. The van der Waals surface area contributed by atoms with E-state index in [0.717, 1.165) is 18.8 Å². The van der Waals surface area contributed by atoms with Crippen molar-refractivity contribution in [1.82, 2.24) is 30.4 Å². The molecule has 160 valence electrons. The second-order valence-corrected chi connectivity index (χ2v) is 6.63. The molecule has 2 fully saturated rings. The monoisotopic (exact) mass is 517 g/mol. The zero-order valence-electron chi connectivity index (χ0n) is 16.5. The Bertz CT molecular complexity index is 690. The largest absolute Gasteiger partial charge is 0.368 e. The summed E-state index contributed by atoms with van der Waals surface area (Å²) in [5, 5.41) is 6.03. The topological polar surface area (TPSA) is 112 Å². The minimum Gasteiger partial charge on any atom is -0.368 e. The maximum Gasteiger partial charge on any atom is 0.271 e. The molecule has 2 amide bonds. The fourth-order valence-electron chi connectivity index (χ4n) is 3.30. The second-order valence-electron chi connectivity index (χ2n) is 6.63. The molecule has 3 rings (SSSR count). The molecule has 0 radical (unpaired) electrons. The summed E-state index contributed by atoms with van der Waals surface area (Å²) in [5.41, 5.74) is 0.291. The van der Waals surface area contributed by atoms with Crippen LogP contribution in [-0.2, 0) is 9.53 Å². The summed E-state index contributed by atoms with van der Waals surface area (Å²) in [5.74, 6) is 0.607. The predicted octanol–water partition coefficient (Wildman–Crippen LogP) is -0.277. The van der Waals surface area contributed by atoms with Crippen molar-refractivity contribution in [1.29, 1.82) is 0 Å². The molecule has 0 spiro atoms.